The maximum atomic E-state index is 11.7. The zero-order chi connectivity index (χ0) is 15.9. The van der Waals surface area contributed by atoms with Crippen LogP contribution in [0.3, 0.4) is 0 Å². The van der Waals surface area contributed by atoms with Crippen LogP contribution in [-0.2, 0) is 22.6 Å². The zero-order valence-corrected chi connectivity index (χ0v) is 12.7. The number of carbonyl (C=O) groups is 1. The number of aromatic nitrogens is 4. The molecule has 8 heteroatoms. The fraction of sp³-hybridized carbons (Fsp3) is 0.467. The second-order valence-electron chi connectivity index (χ2n) is 5.37. The number of ether oxygens (including phenoxy) is 2. The van der Waals surface area contributed by atoms with Gasteiger partial charge in [-0.2, -0.15) is 0 Å². The molecule has 1 saturated heterocycles. The van der Waals surface area contributed by atoms with E-state index in [0.29, 0.717) is 13.2 Å². The van der Waals surface area contributed by atoms with E-state index in [-0.39, 0.29) is 18.6 Å². The molecule has 0 spiro atoms. The van der Waals surface area contributed by atoms with Gasteiger partial charge in [0, 0.05) is 13.2 Å². The van der Waals surface area contributed by atoms with Crippen LogP contribution in [0.1, 0.15) is 18.4 Å². The molecule has 2 heterocycles. The first-order valence-corrected chi connectivity index (χ1v) is 7.60. The number of nitrogens with one attached hydrogen (secondary N) is 1. The number of amides is 1. The van der Waals surface area contributed by atoms with Crippen molar-refractivity contribution in [3.8, 4) is 5.75 Å². The van der Waals surface area contributed by atoms with Crippen molar-refractivity contribution in [2.45, 2.75) is 32.0 Å². The molecule has 1 N–H and O–H groups in total. The maximum absolute atomic E-state index is 11.7. The van der Waals surface area contributed by atoms with Crippen LogP contribution < -0.4 is 10.1 Å². The molecular weight excluding hydrogens is 298 g/mol. The summed E-state index contributed by atoms with van der Waals surface area (Å²) in [5, 5.41) is 13.4. The highest BCUT2D eigenvalue weighted by atomic mass is 16.5. The fourth-order valence-corrected chi connectivity index (χ4v) is 2.32. The molecule has 23 heavy (non-hydrogen) atoms. The van der Waals surface area contributed by atoms with Crippen molar-refractivity contribution in [3.63, 3.8) is 0 Å². The Labute approximate surface area is 133 Å². The summed E-state index contributed by atoms with van der Waals surface area (Å²) in [4.78, 5) is 11.7. The lowest BCUT2D eigenvalue weighted by atomic mass is 10.2. The second-order valence-corrected chi connectivity index (χ2v) is 5.37. The first kappa shape index (κ1) is 15.4. The summed E-state index contributed by atoms with van der Waals surface area (Å²) in [5.41, 5.74) is 1.000. The summed E-state index contributed by atoms with van der Waals surface area (Å²) in [6.45, 7) is 1.97. The summed E-state index contributed by atoms with van der Waals surface area (Å²) in [6.07, 6.45) is 3.78. The highest BCUT2D eigenvalue weighted by Gasteiger charge is 2.15. The van der Waals surface area contributed by atoms with Gasteiger partial charge in [0.1, 0.15) is 25.2 Å². The van der Waals surface area contributed by atoms with Crippen LogP contribution in [0.2, 0.25) is 0 Å². The number of hydrogen-bond acceptors (Lipinski definition) is 6. The number of carbonyl (C=O) groups excluding carboxylic acids is 1. The SMILES string of the molecule is O=C(Cn1cnnn1)NCc1ccc(OC[C@@H]2CCCO2)cc1. The van der Waals surface area contributed by atoms with Crippen LogP contribution in [0.5, 0.6) is 5.75 Å². The fourth-order valence-electron chi connectivity index (χ4n) is 2.32. The van der Waals surface area contributed by atoms with Crippen molar-refractivity contribution in [2.75, 3.05) is 13.2 Å². The lowest BCUT2D eigenvalue weighted by molar-refractivity contribution is -0.122. The molecule has 1 amide bonds. The zero-order valence-electron chi connectivity index (χ0n) is 12.7. The van der Waals surface area contributed by atoms with E-state index in [2.05, 4.69) is 20.8 Å². The Morgan fingerprint density at radius 1 is 1.39 bits per heavy atom. The Balaban J connectivity index is 1.41. The largest absolute Gasteiger partial charge is 0.491 e. The van der Waals surface area contributed by atoms with E-state index in [1.54, 1.807) is 0 Å². The number of rotatable bonds is 7. The summed E-state index contributed by atoms with van der Waals surface area (Å²) < 4.78 is 12.6. The molecule has 1 aromatic heterocycles. The minimum atomic E-state index is -0.143. The number of hydrogen-bond donors (Lipinski definition) is 1. The molecule has 0 unspecified atom stereocenters. The molecule has 8 nitrogen and oxygen atoms in total. The molecule has 1 aliphatic heterocycles. The number of tetrazole rings is 1. The lowest BCUT2D eigenvalue weighted by Crippen LogP contribution is -2.27. The van der Waals surface area contributed by atoms with E-state index in [0.717, 1.165) is 30.8 Å². The summed E-state index contributed by atoms with van der Waals surface area (Å²) in [6, 6.07) is 7.67. The minimum Gasteiger partial charge on any atom is -0.491 e. The van der Waals surface area contributed by atoms with Gasteiger partial charge in [0.25, 0.3) is 0 Å². The quantitative estimate of drug-likeness (QED) is 0.802. The van der Waals surface area contributed by atoms with Crippen LogP contribution in [0.4, 0.5) is 0 Å². The van der Waals surface area contributed by atoms with Crippen molar-refractivity contribution in [1.29, 1.82) is 0 Å². The van der Waals surface area contributed by atoms with Gasteiger partial charge < -0.3 is 14.8 Å². The van der Waals surface area contributed by atoms with Crippen molar-refractivity contribution in [2.24, 2.45) is 0 Å². The van der Waals surface area contributed by atoms with Crippen LogP contribution in [-0.4, -0.2) is 45.4 Å². The van der Waals surface area contributed by atoms with Gasteiger partial charge in [-0.05, 0) is 41.0 Å². The van der Waals surface area contributed by atoms with Gasteiger partial charge in [-0.3, -0.25) is 4.79 Å². The smallest absolute Gasteiger partial charge is 0.242 e. The summed E-state index contributed by atoms with van der Waals surface area (Å²) in [7, 11) is 0. The van der Waals surface area contributed by atoms with Gasteiger partial charge in [-0.15, -0.1) is 5.10 Å². The molecule has 1 aliphatic rings. The maximum Gasteiger partial charge on any atom is 0.242 e. The van der Waals surface area contributed by atoms with E-state index < -0.39 is 0 Å². The normalized spacial score (nSPS) is 17.1. The van der Waals surface area contributed by atoms with Gasteiger partial charge in [0.2, 0.25) is 5.91 Å². The van der Waals surface area contributed by atoms with E-state index in [1.807, 2.05) is 24.3 Å². The predicted molar refractivity (Wildman–Crippen MR) is 80.6 cm³/mol. The predicted octanol–water partition coefficient (Wildman–Crippen LogP) is 0.547. The molecule has 3 rings (SSSR count). The van der Waals surface area contributed by atoms with Crippen LogP contribution in [0.25, 0.3) is 0 Å². The van der Waals surface area contributed by atoms with Crippen LogP contribution in [0.15, 0.2) is 30.6 Å². The highest BCUT2D eigenvalue weighted by molar-refractivity contribution is 5.75. The van der Waals surface area contributed by atoms with Crippen molar-refractivity contribution < 1.29 is 14.3 Å². The standard InChI is InChI=1S/C15H19N5O3/c21-15(9-20-11-17-18-19-20)16-8-12-3-5-13(6-4-12)23-10-14-2-1-7-22-14/h3-6,11,14H,1-2,7-10H2,(H,16,21)/t14-/m0/s1. The molecule has 0 aliphatic carbocycles. The van der Waals surface area contributed by atoms with Crippen molar-refractivity contribution in [1.82, 2.24) is 25.5 Å². The first-order chi connectivity index (χ1) is 11.3. The molecule has 2 aromatic rings. The van der Waals surface area contributed by atoms with E-state index in [1.165, 1.54) is 11.0 Å². The average Bonchev–Trinajstić information content (AvgIpc) is 3.25. The number of benzene rings is 1. The second kappa shape index (κ2) is 7.68. The van der Waals surface area contributed by atoms with Gasteiger partial charge in [-0.25, -0.2) is 4.68 Å². The Morgan fingerprint density at radius 2 is 2.26 bits per heavy atom. The monoisotopic (exact) mass is 317 g/mol. The number of nitrogens with zero attached hydrogens (tertiary/aromatic N) is 4. The van der Waals surface area contributed by atoms with Gasteiger partial charge in [0.15, 0.2) is 0 Å². The van der Waals surface area contributed by atoms with Gasteiger partial charge >= 0.3 is 0 Å². The average molecular weight is 317 g/mol. The molecule has 1 aromatic carbocycles. The minimum absolute atomic E-state index is 0.107. The molecule has 122 valence electrons. The lowest BCUT2D eigenvalue weighted by Gasteiger charge is -2.12. The molecule has 0 bridgehead atoms. The Morgan fingerprint density at radius 3 is 2.96 bits per heavy atom. The van der Waals surface area contributed by atoms with Gasteiger partial charge in [-0.1, -0.05) is 12.1 Å². The molecule has 1 atom stereocenters. The van der Waals surface area contributed by atoms with Crippen LogP contribution in [0, 0.1) is 0 Å². The van der Waals surface area contributed by atoms with Crippen molar-refractivity contribution in [3.05, 3.63) is 36.2 Å². The Kier molecular flexibility index (Phi) is 5.15. The Bertz CT molecular complexity index is 609. The highest BCUT2D eigenvalue weighted by Crippen LogP contribution is 2.16. The topological polar surface area (TPSA) is 91.2 Å². The summed E-state index contributed by atoms with van der Waals surface area (Å²) in [5.74, 6) is 0.667. The third-order valence-corrected chi connectivity index (χ3v) is 3.57. The Hall–Kier alpha value is -2.48. The first-order valence-electron chi connectivity index (χ1n) is 7.60. The van der Waals surface area contributed by atoms with E-state index in [4.69, 9.17) is 9.47 Å². The molecular formula is C15H19N5O3. The van der Waals surface area contributed by atoms with E-state index >= 15 is 0 Å². The molecule has 0 saturated carbocycles. The van der Waals surface area contributed by atoms with Crippen molar-refractivity contribution >= 4 is 5.91 Å². The van der Waals surface area contributed by atoms with Gasteiger partial charge in [0.05, 0.1) is 6.10 Å². The molecule has 0 radical (unpaired) electrons. The van der Waals surface area contributed by atoms with Crippen LogP contribution >= 0.6 is 0 Å². The third kappa shape index (κ3) is 4.75. The summed E-state index contributed by atoms with van der Waals surface area (Å²) >= 11 is 0. The molecule has 1 fully saturated rings. The van der Waals surface area contributed by atoms with E-state index in [9.17, 15) is 4.79 Å². The third-order valence-electron chi connectivity index (χ3n) is 3.57.